The molecule has 2 nitrogen and oxygen atoms in total. The van der Waals surface area contributed by atoms with E-state index < -0.39 is 0 Å². The summed E-state index contributed by atoms with van der Waals surface area (Å²) in [6.07, 6.45) is 1.24. The number of nitrogens with one attached hydrogen (secondary N) is 2. The van der Waals surface area contributed by atoms with Gasteiger partial charge in [-0.2, -0.15) is 0 Å². The van der Waals surface area contributed by atoms with Crippen LogP contribution in [-0.2, 0) is 0 Å². The highest BCUT2D eigenvalue weighted by Crippen LogP contribution is 1.92. The van der Waals surface area contributed by atoms with Gasteiger partial charge in [0.25, 0.3) is 0 Å². The quantitative estimate of drug-likeness (QED) is 0.330. The Morgan fingerprint density at radius 3 is 2.75 bits per heavy atom. The van der Waals surface area contributed by atoms with Crippen molar-refractivity contribution in [2.75, 3.05) is 19.5 Å². The second kappa shape index (κ2) is 7.27. The Kier molecular flexibility index (Phi) is 7.52. The largest absolute Gasteiger partial charge is 0.307 e. The van der Waals surface area contributed by atoms with Crippen LogP contribution in [0.1, 0.15) is 13.3 Å². The molecule has 0 heterocycles. The topological polar surface area (TPSA) is 24.1 Å². The fourth-order valence-electron chi connectivity index (χ4n) is 0.297. The summed E-state index contributed by atoms with van der Waals surface area (Å²) >= 11 is 1.77. The molecule has 0 aliphatic heterocycles. The molecule has 0 spiro atoms. The van der Waals surface area contributed by atoms with Crippen molar-refractivity contribution in [3.8, 4) is 0 Å². The second-order valence-corrected chi connectivity index (χ2v) is 2.51. The van der Waals surface area contributed by atoms with Crippen molar-refractivity contribution in [2.45, 2.75) is 13.3 Å². The maximum absolute atomic E-state index is 3.14. The van der Waals surface area contributed by atoms with Gasteiger partial charge in [0.05, 0.1) is 6.67 Å². The lowest BCUT2D eigenvalue weighted by molar-refractivity contribution is 0.789. The van der Waals surface area contributed by atoms with Gasteiger partial charge < -0.3 is 5.32 Å². The Hall–Kier alpha value is 0.270. The molecule has 0 bridgehead atoms. The minimum atomic E-state index is 0.894. The van der Waals surface area contributed by atoms with Gasteiger partial charge in [0, 0.05) is 5.75 Å². The van der Waals surface area contributed by atoms with Crippen molar-refractivity contribution in [2.24, 2.45) is 0 Å². The summed E-state index contributed by atoms with van der Waals surface area (Å²) in [5.41, 5.74) is 0. The standard InChI is InChI=1S/C5H14N2S/c1-3-4-8-7-5-6-2/h6-7H,3-5H2,1-2H3. The van der Waals surface area contributed by atoms with E-state index in [-0.39, 0.29) is 0 Å². The first-order valence-electron chi connectivity index (χ1n) is 2.91. The van der Waals surface area contributed by atoms with Crippen LogP contribution in [0.25, 0.3) is 0 Å². The summed E-state index contributed by atoms with van der Waals surface area (Å²) < 4.78 is 3.14. The van der Waals surface area contributed by atoms with Gasteiger partial charge in [-0.15, -0.1) is 0 Å². The molecule has 2 N–H and O–H groups in total. The van der Waals surface area contributed by atoms with Gasteiger partial charge in [-0.25, -0.2) is 0 Å². The predicted molar refractivity (Wildman–Crippen MR) is 39.8 cm³/mol. The number of hydrogen-bond acceptors (Lipinski definition) is 3. The molecule has 8 heavy (non-hydrogen) atoms. The first kappa shape index (κ1) is 8.27. The van der Waals surface area contributed by atoms with E-state index in [0.29, 0.717) is 0 Å². The zero-order valence-corrected chi connectivity index (χ0v) is 6.35. The van der Waals surface area contributed by atoms with Crippen LogP contribution in [0.2, 0.25) is 0 Å². The van der Waals surface area contributed by atoms with E-state index in [1.54, 1.807) is 11.9 Å². The summed E-state index contributed by atoms with van der Waals surface area (Å²) in [7, 11) is 1.93. The van der Waals surface area contributed by atoms with Crippen LogP contribution < -0.4 is 10.0 Å². The van der Waals surface area contributed by atoms with E-state index in [4.69, 9.17) is 0 Å². The van der Waals surface area contributed by atoms with Crippen LogP contribution in [0.4, 0.5) is 0 Å². The average molecular weight is 134 g/mol. The van der Waals surface area contributed by atoms with Crippen molar-refractivity contribution in [1.82, 2.24) is 10.0 Å². The monoisotopic (exact) mass is 134 g/mol. The number of rotatable bonds is 5. The minimum Gasteiger partial charge on any atom is -0.307 e. The molecule has 3 heteroatoms. The molecule has 0 aliphatic rings. The van der Waals surface area contributed by atoms with Crippen LogP contribution in [0.5, 0.6) is 0 Å². The van der Waals surface area contributed by atoms with Gasteiger partial charge in [0.1, 0.15) is 0 Å². The average Bonchev–Trinajstić information content (AvgIpc) is 1.81. The molecule has 0 radical (unpaired) electrons. The van der Waals surface area contributed by atoms with Gasteiger partial charge in [-0.05, 0) is 13.5 Å². The predicted octanol–water partition coefficient (Wildman–Crippen LogP) is 0.811. The summed E-state index contributed by atoms with van der Waals surface area (Å²) in [5.74, 6) is 1.20. The SMILES string of the molecule is CCCSNCNC. The van der Waals surface area contributed by atoms with Gasteiger partial charge in [0.15, 0.2) is 0 Å². The molecule has 0 aromatic carbocycles. The summed E-state index contributed by atoms with van der Waals surface area (Å²) in [5, 5.41) is 2.99. The molecule has 0 aliphatic carbocycles. The van der Waals surface area contributed by atoms with E-state index in [0.717, 1.165) is 6.67 Å². The Labute approximate surface area is 55.6 Å². The van der Waals surface area contributed by atoms with Gasteiger partial charge in [-0.3, -0.25) is 4.72 Å². The zero-order valence-electron chi connectivity index (χ0n) is 5.53. The van der Waals surface area contributed by atoms with Gasteiger partial charge in [0.2, 0.25) is 0 Å². The molecule has 0 saturated carbocycles. The number of hydrogen-bond donors (Lipinski definition) is 2. The molecule has 0 saturated heterocycles. The lowest BCUT2D eigenvalue weighted by Gasteiger charge is -1.98. The van der Waals surface area contributed by atoms with E-state index in [2.05, 4.69) is 17.0 Å². The van der Waals surface area contributed by atoms with E-state index >= 15 is 0 Å². The van der Waals surface area contributed by atoms with Crippen LogP contribution in [-0.4, -0.2) is 19.5 Å². The molecule has 0 amide bonds. The lowest BCUT2D eigenvalue weighted by atomic mass is 10.6. The first-order chi connectivity index (χ1) is 3.91. The summed E-state index contributed by atoms with van der Waals surface area (Å²) in [4.78, 5) is 0. The molecule has 0 aromatic heterocycles. The molecular formula is C5H14N2S. The molecule has 0 rings (SSSR count). The van der Waals surface area contributed by atoms with Crippen molar-refractivity contribution >= 4 is 11.9 Å². The third-order valence-electron chi connectivity index (χ3n) is 0.657. The smallest absolute Gasteiger partial charge is 0.0549 e. The van der Waals surface area contributed by atoms with Crippen molar-refractivity contribution in [1.29, 1.82) is 0 Å². The maximum Gasteiger partial charge on any atom is 0.0549 e. The first-order valence-corrected chi connectivity index (χ1v) is 3.89. The fourth-order valence-corrected chi connectivity index (χ4v) is 0.892. The molecule has 0 atom stereocenters. The molecular weight excluding hydrogens is 120 g/mol. The van der Waals surface area contributed by atoms with E-state index in [1.807, 2.05) is 7.05 Å². The van der Waals surface area contributed by atoms with Gasteiger partial charge >= 0.3 is 0 Å². The molecule has 0 unspecified atom stereocenters. The van der Waals surface area contributed by atoms with Crippen LogP contribution in [0, 0.1) is 0 Å². The zero-order chi connectivity index (χ0) is 6.24. The fraction of sp³-hybridized carbons (Fsp3) is 1.00. The van der Waals surface area contributed by atoms with Crippen LogP contribution in [0.15, 0.2) is 0 Å². The third kappa shape index (κ3) is 6.27. The van der Waals surface area contributed by atoms with Gasteiger partial charge in [-0.1, -0.05) is 18.9 Å². The summed E-state index contributed by atoms with van der Waals surface area (Å²) in [6, 6.07) is 0. The Morgan fingerprint density at radius 1 is 1.50 bits per heavy atom. The Balaban J connectivity index is 2.53. The Bertz CT molecular complexity index is 35.4. The van der Waals surface area contributed by atoms with Crippen molar-refractivity contribution in [3.05, 3.63) is 0 Å². The normalized spacial score (nSPS) is 9.75. The highest BCUT2D eigenvalue weighted by atomic mass is 32.2. The maximum atomic E-state index is 3.14. The highest BCUT2D eigenvalue weighted by Gasteiger charge is 1.80. The van der Waals surface area contributed by atoms with Crippen LogP contribution >= 0.6 is 11.9 Å². The van der Waals surface area contributed by atoms with Crippen molar-refractivity contribution < 1.29 is 0 Å². The van der Waals surface area contributed by atoms with E-state index in [9.17, 15) is 0 Å². The summed E-state index contributed by atoms with van der Waals surface area (Å²) in [6.45, 7) is 3.07. The van der Waals surface area contributed by atoms with Crippen molar-refractivity contribution in [3.63, 3.8) is 0 Å². The molecule has 0 aromatic rings. The van der Waals surface area contributed by atoms with Crippen LogP contribution in [0.3, 0.4) is 0 Å². The third-order valence-corrected chi connectivity index (χ3v) is 1.62. The Morgan fingerprint density at radius 2 is 2.25 bits per heavy atom. The van der Waals surface area contributed by atoms with E-state index in [1.165, 1.54) is 12.2 Å². The second-order valence-electron chi connectivity index (χ2n) is 1.52. The molecule has 0 fully saturated rings. The molecule has 50 valence electrons. The minimum absolute atomic E-state index is 0.894. The lowest BCUT2D eigenvalue weighted by Crippen LogP contribution is -2.20. The highest BCUT2D eigenvalue weighted by molar-refractivity contribution is 7.97.